The van der Waals surface area contributed by atoms with Crippen LogP contribution in [0.2, 0.25) is 0 Å². The summed E-state index contributed by atoms with van der Waals surface area (Å²) >= 11 is 0. The van der Waals surface area contributed by atoms with Crippen molar-refractivity contribution < 1.29 is 9.53 Å². The number of nitriles is 1. The summed E-state index contributed by atoms with van der Waals surface area (Å²) in [6.07, 6.45) is 6.82. The second-order valence-electron chi connectivity index (χ2n) is 3.40. The molecule has 3 nitrogen and oxygen atoms in total. The van der Waals surface area contributed by atoms with E-state index in [1.54, 1.807) is 6.92 Å². The number of hydrogen-bond acceptors (Lipinski definition) is 3. The molecule has 1 aliphatic carbocycles. The van der Waals surface area contributed by atoms with E-state index in [9.17, 15) is 4.79 Å². The van der Waals surface area contributed by atoms with Gasteiger partial charge in [0.05, 0.1) is 12.7 Å². The fourth-order valence-electron chi connectivity index (χ4n) is 1.70. The molecular weight excluding hydrogens is 178 g/mol. The molecule has 0 amide bonds. The lowest BCUT2D eigenvalue weighted by Crippen LogP contribution is -2.25. The molecule has 0 saturated carbocycles. The number of carbonyl (C=O) groups excluding carboxylic acids is 1. The molecule has 0 aromatic heterocycles. The average Bonchev–Trinajstić information content (AvgIpc) is 2.21. The van der Waals surface area contributed by atoms with Crippen molar-refractivity contribution in [3.05, 3.63) is 12.2 Å². The molecule has 0 aromatic carbocycles. The molecule has 0 spiro atoms. The fraction of sp³-hybridized carbons (Fsp3) is 0.636. The number of esters is 1. The van der Waals surface area contributed by atoms with Gasteiger partial charge in [-0.05, 0) is 32.1 Å². The molecular formula is C11H15NO2. The second-order valence-corrected chi connectivity index (χ2v) is 3.40. The minimum absolute atomic E-state index is 0.143. The van der Waals surface area contributed by atoms with Gasteiger partial charge in [0, 0.05) is 0 Å². The summed E-state index contributed by atoms with van der Waals surface area (Å²) in [5.74, 6) is -0.806. The van der Waals surface area contributed by atoms with Gasteiger partial charge in [-0.1, -0.05) is 12.2 Å². The highest BCUT2D eigenvalue weighted by Crippen LogP contribution is 2.26. The van der Waals surface area contributed by atoms with Gasteiger partial charge in [0.1, 0.15) is 5.92 Å². The molecule has 0 aromatic rings. The zero-order chi connectivity index (χ0) is 10.4. The van der Waals surface area contributed by atoms with E-state index in [-0.39, 0.29) is 11.9 Å². The van der Waals surface area contributed by atoms with E-state index in [2.05, 4.69) is 6.08 Å². The van der Waals surface area contributed by atoms with Crippen LogP contribution in [0.5, 0.6) is 0 Å². The lowest BCUT2D eigenvalue weighted by atomic mass is 9.84. The van der Waals surface area contributed by atoms with E-state index in [1.807, 2.05) is 12.1 Å². The summed E-state index contributed by atoms with van der Waals surface area (Å²) in [6, 6.07) is 2.05. The maximum atomic E-state index is 11.4. The molecule has 0 N–H and O–H groups in total. The van der Waals surface area contributed by atoms with E-state index in [4.69, 9.17) is 10.00 Å². The van der Waals surface area contributed by atoms with Crippen LogP contribution in [0.3, 0.4) is 0 Å². The maximum Gasteiger partial charge on any atom is 0.323 e. The predicted molar refractivity (Wildman–Crippen MR) is 52.2 cm³/mol. The van der Waals surface area contributed by atoms with E-state index in [1.165, 1.54) is 0 Å². The van der Waals surface area contributed by atoms with E-state index in [0.717, 1.165) is 19.3 Å². The zero-order valence-corrected chi connectivity index (χ0v) is 8.40. The third kappa shape index (κ3) is 2.59. The Kier molecular flexibility index (Phi) is 4.18. The normalized spacial score (nSPS) is 22.4. The first-order chi connectivity index (χ1) is 6.79. The minimum Gasteiger partial charge on any atom is -0.465 e. The first-order valence-electron chi connectivity index (χ1n) is 5.00. The average molecular weight is 193 g/mol. The molecule has 2 atom stereocenters. The van der Waals surface area contributed by atoms with Crippen molar-refractivity contribution in [2.75, 3.05) is 6.61 Å². The van der Waals surface area contributed by atoms with Gasteiger partial charge in [0.2, 0.25) is 0 Å². The molecule has 0 bridgehead atoms. The van der Waals surface area contributed by atoms with Gasteiger partial charge in [0.15, 0.2) is 0 Å². The minimum atomic E-state index is -0.583. The van der Waals surface area contributed by atoms with Crippen LogP contribution in [-0.2, 0) is 9.53 Å². The van der Waals surface area contributed by atoms with Crippen LogP contribution in [0.15, 0.2) is 12.2 Å². The summed E-state index contributed by atoms with van der Waals surface area (Å²) < 4.78 is 4.86. The molecule has 76 valence electrons. The van der Waals surface area contributed by atoms with Crippen LogP contribution in [0.4, 0.5) is 0 Å². The highest BCUT2D eigenvalue weighted by Gasteiger charge is 2.29. The summed E-state index contributed by atoms with van der Waals surface area (Å²) in [5, 5.41) is 8.90. The third-order valence-corrected chi connectivity index (χ3v) is 2.46. The molecule has 3 heteroatoms. The zero-order valence-electron chi connectivity index (χ0n) is 8.40. The number of nitrogens with zero attached hydrogens (tertiary/aromatic N) is 1. The monoisotopic (exact) mass is 193 g/mol. The number of ether oxygens (including phenoxy) is 1. The largest absolute Gasteiger partial charge is 0.465 e. The lowest BCUT2D eigenvalue weighted by molar-refractivity contribution is -0.147. The Bertz CT molecular complexity index is 265. The van der Waals surface area contributed by atoms with Gasteiger partial charge in [-0.25, -0.2) is 0 Å². The van der Waals surface area contributed by atoms with Gasteiger partial charge < -0.3 is 4.74 Å². The predicted octanol–water partition coefficient (Wildman–Crippen LogP) is 2.05. The van der Waals surface area contributed by atoms with E-state index in [0.29, 0.717) is 6.61 Å². The molecule has 0 heterocycles. The van der Waals surface area contributed by atoms with Crippen molar-refractivity contribution >= 4 is 5.97 Å². The third-order valence-electron chi connectivity index (χ3n) is 2.46. The molecule has 14 heavy (non-hydrogen) atoms. The van der Waals surface area contributed by atoms with Gasteiger partial charge in [0.25, 0.3) is 0 Å². The smallest absolute Gasteiger partial charge is 0.323 e. The lowest BCUT2D eigenvalue weighted by Gasteiger charge is -2.20. The Labute approximate surface area is 84.4 Å². The van der Waals surface area contributed by atoms with Gasteiger partial charge in [-0.15, -0.1) is 0 Å². The summed E-state index contributed by atoms with van der Waals surface area (Å²) in [5.41, 5.74) is 0. The summed E-state index contributed by atoms with van der Waals surface area (Å²) in [4.78, 5) is 11.4. The van der Waals surface area contributed by atoms with Crippen molar-refractivity contribution in [3.63, 3.8) is 0 Å². The van der Waals surface area contributed by atoms with Crippen LogP contribution < -0.4 is 0 Å². The standard InChI is InChI=1S/C11H15NO2/c1-2-14-11(13)10(8-12)9-6-4-3-5-7-9/h3-4,9-10H,2,5-7H2,1H3. The Balaban J connectivity index is 2.57. The van der Waals surface area contributed by atoms with Crippen molar-refractivity contribution in [2.24, 2.45) is 11.8 Å². The highest BCUT2D eigenvalue weighted by atomic mass is 16.5. The van der Waals surface area contributed by atoms with Crippen LogP contribution >= 0.6 is 0 Å². The Morgan fingerprint density at radius 2 is 2.50 bits per heavy atom. The van der Waals surface area contributed by atoms with Crippen molar-refractivity contribution in [2.45, 2.75) is 26.2 Å². The summed E-state index contributed by atoms with van der Waals surface area (Å²) in [6.45, 7) is 2.10. The van der Waals surface area contributed by atoms with Crippen molar-refractivity contribution in [1.29, 1.82) is 5.26 Å². The van der Waals surface area contributed by atoms with Gasteiger partial charge in [-0.3, -0.25) is 4.79 Å². The molecule has 0 fully saturated rings. The quantitative estimate of drug-likeness (QED) is 0.509. The Hall–Kier alpha value is -1.30. The number of hydrogen-bond donors (Lipinski definition) is 0. The van der Waals surface area contributed by atoms with Crippen molar-refractivity contribution in [3.8, 4) is 6.07 Å². The van der Waals surface area contributed by atoms with Crippen LogP contribution in [-0.4, -0.2) is 12.6 Å². The van der Waals surface area contributed by atoms with Crippen LogP contribution in [0.1, 0.15) is 26.2 Å². The van der Waals surface area contributed by atoms with E-state index < -0.39 is 5.92 Å². The van der Waals surface area contributed by atoms with Crippen molar-refractivity contribution in [1.82, 2.24) is 0 Å². The second kappa shape index (κ2) is 5.43. The first-order valence-corrected chi connectivity index (χ1v) is 5.00. The van der Waals surface area contributed by atoms with Crippen LogP contribution in [0.25, 0.3) is 0 Å². The molecule has 2 unspecified atom stereocenters. The van der Waals surface area contributed by atoms with E-state index >= 15 is 0 Å². The Morgan fingerprint density at radius 1 is 1.71 bits per heavy atom. The number of carbonyl (C=O) groups is 1. The SMILES string of the molecule is CCOC(=O)C(C#N)C1CC=CCC1. The van der Waals surface area contributed by atoms with Gasteiger partial charge in [-0.2, -0.15) is 5.26 Å². The topological polar surface area (TPSA) is 50.1 Å². The number of allylic oxidation sites excluding steroid dienone is 2. The molecule has 1 aliphatic rings. The molecule has 0 aliphatic heterocycles. The Morgan fingerprint density at radius 3 is 3.00 bits per heavy atom. The fourth-order valence-corrected chi connectivity index (χ4v) is 1.70. The maximum absolute atomic E-state index is 11.4. The summed E-state index contributed by atoms with van der Waals surface area (Å²) in [7, 11) is 0. The number of rotatable bonds is 3. The molecule has 1 rings (SSSR count). The molecule has 0 saturated heterocycles. The van der Waals surface area contributed by atoms with Crippen LogP contribution in [0, 0.1) is 23.2 Å². The first kappa shape index (κ1) is 10.8. The highest BCUT2D eigenvalue weighted by molar-refractivity contribution is 5.75. The van der Waals surface area contributed by atoms with Gasteiger partial charge >= 0.3 is 5.97 Å². The molecule has 0 radical (unpaired) electrons.